The number of carboxylic acids is 1. The van der Waals surface area contributed by atoms with Gasteiger partial charge in [-0.25, -0.2) is 9.18 Å². The SMILES string of the molecule is NC12CCC(C1)C1CN(c3c(F)cc4c(=O)c(C(=O)O)c5scc6n5c4c3CO6)CC12. The van der Waals surface area contributed by atoms with Gasteiger partial charge in [0.05, 0.1) is 22.0 Å². The summed E-state index contributed by atoms with van der Waals surface area (Å²) in [7, 11) is 0. The van der Waals surface area contributed by atoms with Gasteiger partial charge in [-0.05, 0) is 43.1 Å². The maximum Gasteiger partial charge on any atom is 0.342 e. The van der Waals surface area contributed by atoms with Gasteiger partial charge in [0, 0.05) is 24.2 Å². The third kappa shape index (κ3) is 2.06. The zero-order valence-corrected chi connectivity index (χ0v) is 17.4. The average Bonchev–Trinajstić information content (AvgIpc) is 3.47. The number of hydrogen-bond acceptors (Lipinski definition) is 6. The maximum atomic E-state index is 15.5. The molecular weight excluding hydrogens is 421 g/mol. The highest BCUT2D eigenvalue weighted by Gasteiger charge is 2.59. The molecule has 4 unspecified atom stereocenters. The lowest BCUT2D eigenvalue weighted by atomic mass is 9.78. The van der Waals surface area contributed by atoms with Crippen molar-refractivity contribution in [1.82, 2.24) is 4.40 Å². The first-order valence-electron chi connectivity index (χ1n) is 10.6. The molecule has 2 aliphatic carbocycles. The van der Waals surface area contributed by atoms with Gasteiger partial charge in [0.15, 0.2) is 0 Å². The number of ether oxygens (including phenoxy) is 1. The molecule has 4 heterocycles. The molecule has 7 nitrogen and oxygen atoms in total. The summed E-state index contributed by atoms with van der Waals surface area (Å²) in [5.41, 5.74) is 7.22. The Morgan fingerprint density at radius 3 is 3.00 bits per heavy atom. The molecule has 31 heavy (non-hydrogen) atoms. The van der Waals surface area contributed by atoms with E-state index >= 15 is 4.39 Å². The number of fused-ring (bicyclic) bond motifs is 5. The van der Waals surface area contributed by atoms with Crippen molar-refractivity contribution in [3.8, 4) is 5.88 Å². The van der Waals surface area contributed by atoms with Gasteiger partial charge >= 0.3 is 5.97 Å². The van der Waals surface area contributed by atoms with Crippen LogP contribution in [-0.2, 0) is 6.61 Å². The van der Waals surface area contributed by atoms with Gasteiger partial charge in [-0.2, -0.15) is 0 Å². The van der Waals surface area contributed by atoms with Crippen molar-refractivity contribution in [2.75, 3.05) is 18.0 Å². The van der Waals surface area contributed by atoms with Crippen LogP contribution < -0.4 is 20.8 Å². The van der Waals surface area contributed by atoms with Crippen molar-refractivity contribution in [3.05, 3.63) is 38.6 Å². The minimum absolute atomic E-state index is 0.0869. The normalized spacial score (nSPS) is 30.5. The Morgan fingerprint density at radius 2 is 2.23 bits per heavy atom. The molecule has 160 valence electrons. The average molecular weight is 441 g/mol. The summed E-state index contributed by atoms with van der Waals surface area (Å²) in [5.74, 6) is 0.0881. The van der Waals surface area contributed by atoms with Gasteiger partial charge in [-0.3, -0.25) is 9.20 Å². The molecule has 4 atom stereocenters. The second-order valence-corrected chi connectivity index (χ2v) is 10.4. The lowest BCUT2D eigenvalue weighted by Crippen LogP contribution is -2.45. The largest absolute Gasteiger partial charge is 0.477 e. The number of halogens is 1. The molecular formula is C22H20FN3O4S. The van der Waals surface area contributed by atoms with Crippen LogP contribution >= 0.6 is 11.3 Å². The summed E-state index contributed by atoms with van der Waals surface area (Å²) < 4.78 is 23.1. The van der Waals surface area contributed by atoms with Gasteiger partial charge in [0.25, 0.3) is 0 Å². The van der Waals surface area contributed by atoms with Crippen LogP contribution in [0.2, 0.25) is 0 Å². The molecule has 9 heteroatoms. The number of anilines is 1. The highest BCUT2D eigenvalue weighted by molar-refractivity contribution is 7.16. The number of nitrogens with two attached hydrogens (primary N) is 1. The number of pyridine rings is 1. The molecule has 3 aromatic rings. The number of aromatic nitrogens is 1. The topological polar surface area (TPSA) is 97.3 Å². The predicted molar refractivity (Wildman–Crippen MR) is 114 cm³/mol. The van der Waals surface area contributed by atoms with Crippen LogP contribution in [0.15, 0.2) is 16.2 Å². The number of aromatic carboxylic acids is 1. The third-order valence-electron chi connectivity index (χ3n) is 8.15. The van der Waals surface area contributed by atoms with Crippen molar-refractivity contribution < 1.29 is 19.0 Å². The first-order valence-corrected chi connectivity index (χ1v) is 11.5. The highest BCUT2D eigenvalue weighted by Crippen LogP contribution is 2.57. The van der Waals surface area contributed by atoms with Crippen LogP contribution in [-0.4, -0.2) is 34.1 Å². The number of hydrogen-bond donors (Lipinski definition) is 2. The molecule has 1 aromatic carbocycles. The number of thiazole rings is 1. The molecule has 0 spiro atoms. The predicted octanol–water partition coefficient (Wildman–Crippen LogP) is 2.81. The lowest BCUT2D eigenvalue weighted by Gasteiger charge is -2.32. The van der Waals surface area contributed by atoms with E-state index in [1.165, 1.54) is 6.07 Å². The Labute approximate surface area is 179 Å². The van der Waals surface area contributed by atoms with Crippen molar-refractivity contribution in [2.45, 2.75) is 31.4 Å². The summed E-state index contributed by atoms with van der Waals surface area (Å²) in [5, 5.41) is 11.4. The summed E-state index contributed by atoms with van der Waals surface area (Å²) in [6.45, 7) is 1.60. The van der Waals surface area contributed by atoms with E-state index in [2.05, 4.69) is 4.90 Å². The molecule has 3 N–H and O–H groups in total. The summed E-state index contributed by atoms with van der Waals surface area (Å²) in [4.78, 5) is 27.2. The van der Waals surface area contributed by atoms with Crippen LogP contribution in [0.4, 0.5) is 10.1 Å². The Balaban J connectivity index is 1.48. The summed E-state index contributed by atoms with van der Waals surface area (Å²) >= 11 is 1.15. The molecule has 2 aromatic heterocycles. The molecule has 2 aliphatic heterocycles. The van der Waals surface area contributed by atoms with Crippen molar-refractivity contribution >= 4 is 38.7 Å². The molecule has 1 saturated heterocycles. The van der Waals surface area contributed by atoms with Crippen molar-refractivity contribution in [3.63, 3.8) is 0 Å². The van der Waals surface area contributed by atoms with Gasteiger partial charge in [0.1, 0.15) is 22.8 Å². The Kier molecular flexibility index (Phi) is 3.23. The molecule has 3 fully saturated rings. The van der Waals surface area contributed by atoms with Crippen LogP contribution in [0.3, 0.4) is 0 Å². The highest BCUT2D eigenvalue weighted by atomic mass is 32.1. The monoisotopic (exact) mass is 441 g/mol. The smallest absolute Gasteiger partial charge is 0.342 e. The van der Waals surface area contributed by atoms with Crippen molar-refractivity contribution in [1.29, 1.82) is 0 Å². The molecule has 4 aliphatic rings. The summed E-state index contributed by atoms with van der Waals surface area (Å²) in [6.07, 6.45) is 3.25. The van der Waals surface area contributed by atoms with E-state index in [-0.39, 0.29) is 23.1 Å². The van der Waals surface area contributed by atoms with Crippen LogP contribution in [0.5, 0.6) is 5.88 Å². The number of nitrogens with zero attached hydrogens (tertiary/aromatic N) is 2. The molecule has 2 saturated carbocycles. The Hall–Kier alpha value is -2.65. The first kappa shape index (κ1) is 18.0. The van der Waals surface area contributed by atoms with E-state index in [9.17, 15) is 14.7 Å². The van der Waals surface area contributed by atoms with E-state index in [4.69, 9.17) is 10.5 Å². The second kappa shape index (κ2) is 5.58. The fraction of sp³-hybridized carbons (Fsp3) is 0.455. The van der Waals surface area contributed by atoms with Crippen LogP contribution in [0.1, 0.15) is 35.2 Å². The van der Waals surface area contributed by atoms with Gasteiger partial charge in [-0.15, -0.1) is 11.3 Å². The van der Waals surface area contributed by atoms with E-state index in [0.29, 0.717) is 51.8 Å². The van der Waals surface area contributed by atoms with Crippen LogP contribution in [0.25, 0.3) is 15.7 Å². The summed E-state index contributed by atoms with van der Waals surface area (Å²) in [6, 6.07) is 1.21. The van der Waals surface area contributed by atoms with E-state index in [1.54, 1.807) is 9.78 Å². The number of rotatable bonds is 2. The molecule has 0 radical (unpaired) electrons. The van der Waals surface area contributed by atoms with Gasteiger partial charge in [-0.1, -0.05) is 0 Å². The fourth-order valence-electron chi connectivity index (χ4n) is 6.89. The molecule has 2 bridgehead atoms. The number of carbonyl (C=O) groups is 1. The molecule has 7 rings (SSSR count). The van der Waals surface area contributed by atoms with E-state index < -0.39 is 17.2 Å². The van der Waals surface area contributed by atoms with E-state index in [0.717, 1.165) is 37.1 Å². The quantitative estimate of drug-likeness (QED) is 0.635. The minimum Gasteiger partial charge on any atom is -0.477 e. The fourth-order valence-corrected chi connectivity index (χ4v) is 7.87. The first-order chi connectivity index (χ1) is 14.9. The lowest BCUT2D eigenvalue weighted by molar-refractivity contribution is 0.0697. The van der Waals surface area contributed by atoms with Crippen LogP contribution in [0, 0.1) is 23.6 Å². The Bertz CT molecular complexity index is 1400. The van der Waals surface area contributed by atoms with Crippen molar-refractivity contribution in [2.24, 2.45) is 23.5 Å². The third-order valence-corrected chi connectivity index (χ3v) is 9.08. The molecule has 0 amide bonds. The maximum absolute atomic E-state index is 15.5. The zero-order valence-electron chi connectivity index (χ0n) is 16.6. The minimum atomic E-state index is -1.32. The number of carboxylic acid groups (broad SMARTS) is 1. The standard InChI is InChI=1S/C22H20FN3O4S/c23-14-3-10-17-12(7-30-15-8-31-20(26(15)17)16(19(10)27)21(28)29)18(14)25-5-11-9-1-2-22(24,4-9)13(11)6-25/h3,8-9,11,13H,1-2,4-7,24H2,(H,28,29). The zero-order chi connectivity index (χ0) is 21.2. The second-order valence-electron chi connectivity index (χ2n) is 9.51. The van der Waals surface area contributed by atoms with E-state index in [1.807, 2.05) is 0 Å². The van der Waals surface area contributed by atoms with Gasteiger partial charge < -0.3 is 20.5 Å². The van der Waals surface area contributed by atoms with Gasteiger partial charge in [0.2, 0.25) is 11.3 Å². The number of benzene rings is 1. The Morgan fingerprint density at radius 1 is 1.39 bits per heavy atom.